The Hall–Kier alpha value is -2.22. The zero-order chi connectivity index (χ0) is 26.1. The minimum absolute atomic E-state index is 0.0522. The average molecular weight is 515 g/mol. The van der Waals surface area contributed by atoms with Crippen molar-refractivity contribution < 1.29 is 35.8 Å². The maximum Gasteiger partial charge on any atom is 0.419 e. The van der Waals surface area contributed by atoms with Gasteiger partial charge in [-0.15, -0.1) is 0 Å². The molecule has 2 aromatic carbocycles. The third-order valence-electron chi connectivity index (χ3n) is 7.41. The molecule has 2 aromatic rings. The summed E-state index contributed by atoms with van der Waals surface area (Å²) in [4.78, 5) is 0. The van der Waals surface area contributed by atoms with Crippen LogP contribution >= 0.6 is 0 Å². The monoisotopic (exact) mass is 514 g/mol. The zero-order valence-corrected chi connectivity index (χ0v) is 20.6. The van der Waals surface area contributed by atoms with Gasteiger partial charge in [0.2, 0.25) is 0 Å². The third kappa shape index (κ3) is 6.36. The van der Waals surface area contributed by atoms with Crippen molar-refractivity contribution in [2.24, 2.45) is 5.92 Å². The number of hydrogen-bond donors (Lipinski definition) is 0. The van der Waals surface area contributed by atoms with Crippen LogP contribution in [-0.4, -0.2) is 12.7 Å². The molecule has 0 amide bonds. The molecule has 0 aromatic heterocycles. The molecular weight excluding hydrogens is 482 g/mol. The van der Waals surface area contributed by atoms with Gasteiger partial charge in [-0.25, -0.2) is 4.39 Å². The summed E-state index contributed by atoms with van der Waals surface area (Å²) in [5.74, 6) is -0.339. The fraction of sp³-hybridized carbons (Fsp3) is 0.571. The van der Waals surface area contributed by atoms with Crippen LogP contribution in [0.1, 0.15) is 91.7 Å². The molecular formula is C28H32F6O2. The number of hydrogen-bond acceptors (Lipinski definition) is 2. The van der Waals surface area contributed by atoms with Crippen molar-refractivity contribution >= 4 is 0 Å². The Balaban J connectivity index is 1.41. The Morgan fingerprint density at radius 3 is 2.19 bits per heavy atom. The third-order valence-corrected chi connectivity index (χ3v) is 7.41. The highest BCUT2D eigenvalue weighted by Gasteiger charge is 2.42. The summed E-state index contributed by atoms with van der Waals surface area (Å²) in [6, 6.07) is 7.80. The van der Waals surface area contributed by atoms with Crippen molar-refractivity contribution in [1.29, 1.82) is 0 Å². The zero-order valence-electron chi connectivity index (χ0n) is 20.6. The van der Waals surface area contributed by atoms with Gasteiger partial charge in [-0.2, -0.15) is 22.0 Å². The van der Waals surface area contributed by atoms with Crippen LogP contribution in [0.25, 0.3) is 0 Å². The molecule has 0 radical (unpaired) electrons. The lowest BCUT2D eigenvalue weighted by Gasteiger charge is -2.28. The van der Waals surface area contributed by atoms with E-state index in [4.69, 9.17) is 9.47 Å². The van der Waals surface area contributed by atoms with Crippen LogP contribution in [0, 0.1) is 18.7 Å². The number of epoxide rings is 1. The largest absolute Gasteiger partial charge is 0.433 e. The second-order valence-electron chi connectivity index (χ2n) is 10.1. The van der Waals surface area contributed by atoms with Crippen molar-refractivity contribution in [2.45, 2.75) is 89.5 Å². The number of benzene rings is 2. The normalized spacial score (nSPS) is 22.5. The van der Waals surface area contributed by atoms with E-state index in [0.29, 0.717) is 5.92 Å². The molecule has 1 saturated heterocycles. The molecule has 1 atom stereocenters. The van der Waals surface area contributed by atoms with E-state index in [1.165, 1.54) is 50.8 Å². The van der Waals surface area contributed by atoms with Gasteiger partial charge in [0.05, 0.1) is 18.6 Å². The van der Waals surface area contributed by atoms with E-state index >= 15 is 0 Å². The smallest absolute Gasteiger partial charge is 0.419 e. The standard InChI is InChI=1S/C28H32F6O2/c1-3-4-18-5-7-19(8-6-18)20-9-11-21(12-10-20)36-27(30,31)14-13-22-17(2)15-23(24-16-35-24)26(29)25(22)28(32,33)34/h9-12,15,18-19,24H,3-8,13-14,16H2,1-2H3. The summed E-state index contributed by atoms with van der Waals surface area (Å²) in [6.07, 6.45) is -4.25. The van der Waals surface area contributed by atoms with Gasteiger partial charge in [0.15, 0.2) is 0 Å². The maximum absolute atomic E-state index is 14.7. The highest BCUT2D eigenvalue weighted by Crippen LogP contribution is 2.43. The van der Waals surface area contributed by atoms with Crippen molar-refractivity contribution in [1.82, 2.24) is 0 Å². The molecule has 2 aliphatic rings. The fourth-order valence-corrected chi connectivity index (χ4v) is 5.43. The molecule has 1 heterocycles. The molecule has 2 nitrogen and oxygen atoms in total. The van der Waals surface area contributed by atoms with Gasteiger partial charge in [0.25, 0.3) is 0 Å². The summed E-state index contributed by atoms with van der Waals surface area (Å²) in [6.45, 7) is 3.69. The first-order valence-electron chi connectivity index (χ1n) is 12.7. The average Bonchev–Trinajstić information content (AvgIpc) is 3.65. The topological polar surface area (TPSA) is 21.8 Å². The predicted molar refractivity (Wildman–Crippen MR) is 125 cm³/mol. The van der Waals surface area contributed by atoms with Crippen molar-refractivity contribution in [3.63, 3.8) is 0 Å². The van der Waals surface area contributed by atoms with E-state index in [2.05, 4.69) is 6.92 Å². The van der Waals surface area contributed by atoms with Crippen LogP contribution in [0.2, 0.25) is 0 Å². The molecule has 1 aliphatic heterocycles. The van der Waals surface area contributed by atoms with Gasteiger partial charge in [-0.05, 0) is 79.7 Å². The lowest BCUT2D eigenvalue weighted by molar-refractivity contribution is -0.180. The molecule has 4 rings (SSSR count). The van der Waals surface area contributed by atoms with Gasteiger partial charge >= 0.3 is 12.3 Å². The summed E-state index contributed by atoms with van der Waals surface area (Å²) in [7, 11) is 0. The van der Waals surface area contributed by atoms with Crippen LogP contribution in [0.15, 0.2) is 30.3 Å². The lowest BCUT2D eigenvalue weighted by Crippen LogP contribution is -2.26. The van der Waals surface area contributed by atoms with Gasteiger partial charge in [-0.1, -0.05) is 38.0 Å². The van der Waals surface area contributed by atoms with Gasteiger partial charge in [0.1, 0.15) is 17.7 Å². The highest BCUT2D eigenvalue weighted by molar-refractivity contribution is 5.43. The van der Waals surface area contributed by atoms with Gasteiger partial charge in [0, 0.05) is 5.56 Å². The summed E-state index contributed by atoms with van der Waals surface area (Å²) >= 11 is 0. The van der Waals surface area contributed by atoms with Gasteiger partial charge < -0.3 is 9.47 Å². The summed E-state index contributed by atoms with van der Waals surface area (Å²) < 4.78 is 94.8. The Bertz CT molecular complexity index is 1040. The Labute approximate surface area is 208 Å². The summed E-state index contributed by atoms with van der Waals surface area (Å²) in [5.41, 5.74) is -0.988. The number of halogens is 6. The van der Waals surface area contributed by atoms with E-state index in [9.17, 15) is 26.3 Å². The second-order valence-corrected chi connectivity index (χ2v) is 10.1. The Kier molecular flexibility index (Phi) is 7.93. The van der Waals surface area contributed by atoms with Crippen LogP contribution in [0.4, 0.5) is 26.3 Å². The second kappa shape index (κ2) is 10.6. The van der Waals surface area contributed by atoms with Crippen molar-refractivity contribution in [3.8, 4) is 5.75 Å². The number of rotatable bonds is 9. The maximum atomic E-state index is 14.7. The molecule has 1 aliphatic carbocycles. The first-order valence-corrected chi connectivity index (χ1v) is 12.7. The molecule has 36 heavy (non-hydrogen) atoms. The minimum atomic E-state index is -5.02. The molecule has 8 heteroatoms. The molecule has 0 N–H and O–H groups in total. The summed E-state index contributed by atoms with van der Waals surface area (Å²) in [5, 5.41) is 0. The van der Waals surface area contributed by atoms with Crippen LogP contribution in [-0.2, 0) is 17.3 Å². The van der Waals surface area contributed by atoms with E-state index in [1.54, 1.807) is 12.1 Å². The van der Waals surface area contributed by atoms with Crippen molar-refractivity contribution in [2.75, 3.05) is 6.61 Å². The quantitative estimate of drug-likeness (QED) is 0.246. The minimum Gasteiger partial charge on any atom is -0.433 e. The molecule has 1 saturated carbocycles. The number of alkyl halides is 5. The molecule has 2 fully saturated rings. The van der Waals surface area contributed by atoms with E-state index in [-0.39, 0.29) is 23.5 Å². The van der Waals surface area contributed by atoms with Gasteiger partial charge in [-0.3, -0.25) is 0 Å². The molecule has 0 bridgehead atoms. The van der Waals surface area contributed by atoms with Crippen LogP contribution < -0.4 is 4.74 Å². The highest BCUT2D eigenvalue weighted by atomic mass is 19.4. The predicted octanol–water partition coefficient (Wildman–Crippen LogP) is 8.90. The fourth-order valence-electron chi connectivity index (χ4n) is 5.43. The Morgan fingerprint density at radius 1 is 1.00 bits per heavy atom. The first-order chi connectivity index (χ1) is 17.0. The number of aryl methyl sites for hydroxylation is 1. The molecule has 198 valence electrons. The Morgan fingerprint density at radius 2 is 1.64 bits per heavy atom. The van der Waals surface area contributed by atoms with E-state index < -0.39 is 48.2 Å². The van der Waals surface area contributed by atoms with E-state index in [0.717, 1.165) is 24.3 Å². The van der Waals surface area contributed by atoms with Crippen LogP contribution in [0.3, 0.4) is 0 Å². The molecule has 0 spiro atoms. The number of ether oxygens (including phenoxy) is 2. The molecule has 1 unspecified atom stereocenters. The first kappa shape index (κ1) is 26.8. The lowest BCUT2D eigenvalue weighted by atomic mass is 9.77. The van der Waals surface area contributed by atoms with E-state index in [1.807, 2.05) is 0 Å². The van der Waals surface area contributed by atoms with Crippen molar-refractivity contribution in [3.05, 3.63) is 64.0 Å². The van der Waals surface area contributed by atoms with Crippen LogP contribution in [0.5, 0.6) is 5.75 Å². The SMILES string of the molecule is CCCC1CCC(c2ccc(OC(F)(F)CCc3c(C)cc(C4CO4)c(F)c3C(F)(F)F)cc2)CC1.